The zero-order valence-electron chi connectivity index (χ0n) is 4.03. The van der Waals surface area contributed by atoms with Crippen LogP contribution in [0.25, 0.3) is 0 Å². The minimum Gasteiger partial charge on any atom is -0.299 e. The normalized spacial score (nSPS) is 10.0. The Balaban J connectivity index is 3.25. The van der Waals surface area contributed by atoms with Crippen molar-refractivity contribution in [2.24, 2.45) is 0 Å². The molecule has 0 atom stereocenters. The van der Waals surface area contributed by atoms with E-state index in [-0.39, 0.29) is 5.33 Å². The lowest BCUT2D eigenvalue weighted by Crippen LogP contribution is -2.04. The predicted octanol–water partition coefficient (Wildman–Crippen LogP) is 1.61. The van der Waals surface area contributed by atoms with Crippen molar-refractivity contribution in [3.05, 3.63) is 0 Å². The SMILES string of the molecule is O=C(CBr)CC(F)F. The van der Waals surface area contributed by atoms with E-state index in [1.807, 2.05) is 0 Å². The molecule has 0 aromatic heterocycles. The molecule has 0 saturated heterocycles. The molecule has 0 aromatic carbocycles. The molecule has 48 valence electrons. The maximum Gasteiger partial charge on any atom is 0.245 e. The third kappa shape index (κ3) is 4.18. The molecule has 0 saturated carbocycles. The number of hydrogen-bond donors (Lipinski definition) is 0. The number of Topliss-reactive ketones (excluding diaryl/α,β-unsaturated/α-hetero) is 1. The van der Waals surface area contributed by atoms with Crippen LogP contribution in [0.15, 0.2) is 0 Å². The molecule has 0 heterocycles. The lowest BCUT2D eigenvalue weighted by atomic mass is 10.3. The van der Waals surface area contributed by atoms with E-state index in [0.29, 0.717) is 0 Å². The van der Waals surface area contributed by atoms with Gasteiger partial charge in [-0.1, -0.05) is 15.9 Å². The van der Waals surface area contributed by atoms with E-state index in [9.17, 15) is 13.6 Å². The molecule has 4 heteroatoms. The third-order valence-corrected chi connectivity index (χ3v) is 1.16. The highest BCUT2D eigenvalue weighted by Gasteiger charge is 2.07. The second-order valence-electron chi connectivity index (χ2n) is 1.27. The molecule has 0 fully saturated rings. The van der Waals surface area contributed by atoms with Gasteiger partial charge in [-0.25, -0.2) is 8.78 Å². The number of carbonyl (C=O) groups excluding carboxylic acids is 1. The Kier molecular flexibility index (Phi) is 3.95. The lowest BCUT2D eigenvalue weighted by molar-refractivity contribution is -0.118. The summed E-state index contributed by atoms with van der Waals surface area (Å²) in [7, 11) is 0. The fourth-order valence-corrected chi connectivity index (χ4v) is 0.456. The first kappa shape index (κ1) is 8.01. The van der Waals surface area contributed by atoms with E-state index in [1.54, 1.807) is 0 Å². The molecule has 1 nitrogen and oxygen atoms in total. The van der Waals surface area contributed by atoms with Crippen molar-refractivity contribution < 1.29 is 13.6 Å². The largest absolute Gasteiger partial charge is 0.299 e. The van der Waals surface area contributed by atoms with Crippen molar-refractivity contribution in [1.82, 2.24) is 0 Å². The Morgan fingerprint density at radius 3 is 2.25 bits per heavy atom. The zero-order chi connectivity index (χ0) is 6.57. The van der Waals surface area contributed by atoms with Crippen LogP contribution >= 0.6 is 15.9 Å². The summed E-state index contributed by atoms with van der Waals surface area (Å²) in [5.41, 5.74) is 0. The number of alkyl halides is 3. The number of rotatable bonds is 3. The lowest BCUT2D eigenvalue weighted by Gasteiger charge is -1.91. The highest BCUT2D eigenvalue weighted by molar-refractivity contribution is 9.09. The van der Waals surface area contributed by atoms with Crippen molar-refractivity contribution in [3.63, 3.8) is 0 Å². The smallest absolute Gasteiger partial charge is 0.245 e. The monoisotopic (exact) mass is 186 g/mol. The van der Waals surface area contributed by atoms with Crippen molar-refractivity contribution in [2.45, 2.75) is 12.8 Å². The van der Waals surface area contributed by atoms with Crippen molar-refractivity contribution in [1.29, 1.82) is 0 Å². The summed E-state index contributed by atoms with van der Waals surface area (Å²) in [6.45, 7) is 0. The Morgan fingerprint density at radius 2 is 2.12 bits per heavy atom. The molecule has 0 bridgehead atoms. The van der Waals surface area contributed by atoms with Gasteiger partial charge in [0.1, 0.15) is 5.78 Å². The fraction of sp³-hybridized carbons (Fsp3) is 0.750. The average Bonchev–Trinajstić information content (AvgIpc) is 1.65. The van der Waals surface area contributed by atoms with Crippen molar-refractivity contribution >= 4 is 21.7 Å². The van der Waals surface area contributed by atoms with Gasteiger partial charge >= 0.3 is 0 Å². The standard InChI is InChI=1S/C4H5BrF2O/c5-2-3(8)1-4(6)7/h4H,1-2H2. The van der Waals surface area contributed by atoms with E-state index >= 15 is 0 Å². The van der Waals surface area contributed by atoms with Crippen LogP contribution < -0.4 is 0 Å². The van der Waals surface area contributed by atoms with Gasteiger partial charge in [0.2, 0.25) is 6.43 Å². The van der Waals surface area contributed by atoms with E-state index in [0.717, 1.165) is 0 Å². The molecule has 0 aromatic rings. The molecule has 0 N–H and O–H groups in total. The Bertz CT molecular complexity index is 84.1. The molecule has 0 unspecified atom stereocenters. The maximum absolute atomic E-state index is 11.2. The second kappa shape index (κ2) is 3.95. The van der Waals surface area contributed by atoms with Gasteiger partial charge in [-0.05, 0) is 0 Å². The highest BCUT2D eigenvalue weighted by atomic mass is 79.9. The summed E-state index contributed by atoms with van der Waals surface area (Å²) in [5, 5.41) is 0.0251. The molecule has 0 aliphatic rings. The predicted molar refractivity (Wildman–Crippen MR) is 29.4 cm³/mol. The highest BCUT2D eigenvalue weighted by Crippen LogP contribution is 2.00. The zero-order valence-corrected chi connectivity index (χ0v) is 5.62. The minimum absolute atomic E-state index is 0.0251. The first-order valence-corrected chi connectivity index (χ1v) is 3.14. The van der Waals surface area contributed by atoms with Crippen LogP contribution in [0.5, 0.6) is 0 Å². The number of ketones is 1. The van der Waals surface area contributed by atoms with E-state index in [1.165, 1.54) is 0 Å². The second-order valence-corrected chi connectivity index (χ2v) is 1.83. The Hall–Kier alpha value is 0.01000. The van der Waals surface area contributed by atoms with Crippen LogP contribution in [-0.2, 0) is 4.79 Å². The van der Waals surface area contributed by atoms with Gasteiger partial charge in [-0.2, -0.15) is 0 Å². The molecule has 0 amide bonds. The summed E-state index contributed by atoms with van der Waals surface area (Å²) in [6.07, 6.45) is -3.13. The average molecular weight is 187 g/mol. The topological polar surface area (TPSA) is 17.1 Å². The van der Waals surface area contributed by atoms with Crippen LogP contribution in [0.2, 0.25) is 0 Å². The molecule has 8 heavy (non-hydrogen) atoms. The van der Waals surface area contributed by atoms with Crippen molar-refractivity contribution in [2.75, 3.05) is 5.33 Å². The van der Waals surface area contributed by atoms with Gasteiger partial charge < -0.3 is 0 Å². The first-order valence-electron chi connectivity index (χ1n) is 2.02. The number of carbonyl (C=O) groups is 1. The first-order chi connectivity index (χ1) is 3.66. The van der Waals surface area contributed by atoms with Crippen LogP contribution in [0.3, 0.4) is 0 Å². The summed E-state index contributed by atoms with van der Waals surface area (Å²) in [6, 6.07) is 0. The quantitative estimate of drug-likeness (QED) is 0.613. The van der Waals surface area contributed by atoms with Gasteiger partial charge in [-0.3, -0.25) is 4.79 Å². The van der Waals surface area contributed by atoms with Gasteiger partial charge in [0, 0.05) is 0 Å². The van der Waals surface area contributed by atoms with Gasteiger partial charge in [0.15, 0.2) is 0 Å². The number of hydrogen-bond acceptors (Lipinski definition) is 1. The third-order valence-electron chi connectivity index (χ3n) is 0.531. The molecule has 0 spiro atoms. The van der Waals surface area contributed by atoms with E-state index in [2.05, 4.69) is 15.9 Å². The van der Waals surface area contributed by atoms with E-state index in [4.69, 9.17) is 0 Å². The van der Waals surface area contributed by atoms with Crippen LogP contribution in [0.4, 0.5) is 8.78 Å². The molecule has 0 aliphatic heterocycles. The van der Waals surface area contributed by atoms with Crippen molar-refractivity contribution in [3.8, 4) is 0 Å². The molecular formula is C4H5BrF2O. The molecule has 0 rings (SSSR count). The summed E-state index contributed by atoms with van der Waals surface area (Å²) >= 11 is 2.76. The maximum atomic E-state index is 11.2. The summed E-state index contributed by atoms with van der Waals surface area (Å²) in [5.74, 6) is -0.458. The molecule has 0 radical (unpaired) electrons. The fourth-order valence-electron chi connectivity index (χ4n) is 0.227. The summed E-state index contributed by atoms with van der Waals surface area (Å²) in [4.78, 5) is 10.1. The van der Waals surface area contributed by atoms with Crippen LogP contribution in [0, 0.1) is 0 Å². The van der Waals surface area contributed by atoms with Gasteiger partial charge in [-0.15, -0.1) is 0 Å². The van der Waals surface area contributed by atoms with Crippen LogP contribution in [0.1, 0.15) is 6.42 Å². The van der Waals surface area contributed by atoms with Crippen LogP contribution in [-0.4, -0.2) is 17.5 Å². The minimum atomic E-state index is -2.50. The number of halogens is 3. The Morgan fingerprint density at radius 1 is 1.62 bits per heavy atom. The molecular weight excluding hydrogens is 182 g/mol. The summed E-state index contributed by atoms with van der Waals surface area (Å²) < 4.78 is 22.5. The van der Waals surface area contributed by atoms with Gasteiger partial charge in [0.05, 0.1) is 11.8 Å². The van der Waals surface area contributed by atoms with Gasteiger partial charge in [0.25, 0.3) is 0 Å². The Labute approximate surface area is 54.2 Å². The van der Waals surface area contributed by atoms with E-state index < -0.39 is 18.6 Å². The molecule has 0 aliphatic carbocycles.